The summed E-state index contributed by atoms with van der Waals surface area (Å²) < 4.78 is 26.5. The third kappa shape index (κ3) is 25.5. The number of unbranched alkanes of at least 4 members (excludes halogenated alkanes) is 9. The van der Waals surface area contributed by atoms with Gasteiger partial charge in [0.05, 0.1) is 59.3 Å². The van der Waals surface area contributed by atoms with Crippen molar-refractivity contribution in [3.63, 3.8) is 0 Å². The van der Waals surface area contributed by atoms with E-state index in [-0.39, 0.29) is 19.6 Å². The fraction of sp³-hybridized carbons (Fsp3) is 0.958. The average molecular weight is 465 g/mol. The number of hydrogen-bond acceptors (Lipinski definition) is 8. The van der Waals surface area contributed by atoms with E-state index in [1.54, 1.807) is 0 Å². The van der Waals surface area contributed by atoms with E-state index in [1.165, 1.54) is 57.8 Å². The maximum atomic E-state index is 11.3. The maximum Gasteiger partial charge on any atom is 0.308 e. The molecule has 0 bridgehead atoms. The van der Waals surface area contributed by atoms with E-state index < -0.39 is 18.7 Å². The fourth-order valence-corrected chi connectivity index (χ4v) is 2.92. The second kappa shape index (κ2) is 26.5. The lowest BCUT2D eigenvalue weighted by molar-refractivity contribution is -0.148. The highest BCUT2D eigenvalue weighted by molar-refractivity contribution is 5.69. The Kier molecular flexibility index (Phi) is 25.8. The summed E-state index contributed by atoms with van der Waals surface area (Å²) in [6.07, 6.45) is 12.4. The average Bonchev–Trinajstić information content (AvgIpc) is 2.80. The van der Waals surface area contributed by atoms with Gasteiger partial charge in [0.15, 0.2) is 0 Å². The van der Waals surface area contributed by atoms with Crippen LogP contribution in [-0.4, -0.2) is 88.4 Å². The number of carbonyl (C=O) groups is 1. The zero-order chi connectivity index (χ0) is 23.5. The van der Waals surface area contributed by atoms with E-state index in [2.05, 4.69) is 6.92 Å². The van der Waals surface area contributed by atoms with Gasteiger partial charge in [0, 0.05) is 6.61 Å². The zero-order valence-corrected chi connectivity index (χ0v) is 20.3. The van der Waals surface area contributed by atoms with Crippen molar-refractivity contribution >= 4 is 5.97 Å². The molecular weight excluding hydrogens is 416 g/mol. The Morgan fingerprint density at radius 2 is 1.09 bits per heavy atom. The Morgan fingerprint density at radius 1 is 0.656 bits per heavy atom. The maximum absolute atomic E-state index is 11.3. The van der Waals surface area contributed by atoms with E-state index in [1.807, 2.05) is 0 Å². The number of hydrogen-bond donors (Lipinski definition) is 2. The molecule has 0 spiro atoms. The second-order valence-electron chi connectivity index (χ2n) is 7.90. The van der Waals surface area contributed by atoms with E-state index in [0.29, 0.717) is 39.6 Å². The molecule has 0 fully saturated rings. The molecule has 8 nitrogen and oxygen atoms in total. The van der Waals surface area contributed by atoms with Gasteiger partial charge < -0.3 is 33.9 Å². The van der Waals surface area contributed by atoms with Crippen LogP contribution in [0.15, 0.2) is 0 Å². The molecule has 0 rings (SSSR count). The first-order chi connectivity index (χ1) is 15.7. The molecule has 0 aliphatic carbocycles. The number of aliphatic hydroxyl groups is 2. The van der Waals surface area contributed by atoms with Crippen LogP contribution in [0, 0.1) is 0 Å². The Labute approximate surface area is 194 Å². The molecule has 192 valence electrons. The van der Waals surface area contributed by atoms with E-state index in [9.17, 15) is 4.79 Å². The van der Waals surface area contributed by atoms with E-state index >= 15 is 0 Å². The van der Waals surface area contributed by atoms with Crippen LogP contribution < -0.4 is 0 Å². The minimum Gasteiger partial charge on any atom is -0.463 e. The second-order valence-corrected chi connectivity index (χ2v) is 7.90. The first-order valence-electron chi connectivity index (χ1n) is 12.5. The molecule has 0 aliphatic rings. The Hall–Kier alpha value is -0.770. The lowest BCUT2D eigenvalue weighted by Crippen LogP contribution is -2.22. The van der Waals surface area contributed by atoms with E-state index in [4.69, 9.17) is 33.9 Å². The molecule has 0 amide bonds. The Balaban J connectivity index is 3.10. The lowest BCUT2D eigenvalue weighted by atomic mass is 10.1. The van der Waals surface area contributed by atoms with Gasteiger partial charge in [-0.2, -0.15) is 0 Å². The lowest BCUT2D eigenvalue weighted by Gasteiger charge is -2.09. The summed E-state index contributed by atoms with van der Waals surface area (Å²) in [4.78, 5) is 11.3. The van der Waals surface area contributed by atoms with Crippen molar-refractivity contribution in [2.45, 2.75) is 83.7 Å². The molecule has 0 saturated heterocycles. The monoisotopic (exact) mass is 464 g/mol. The molecule has 1 unspecified atom stereocenters. The van der Waals surface area contributed by atoms with Crippen LogP contribution in [0.3, 0.4) is 0 Å². The minimum absolute atomic E-state index is 0.0976. The van der Waals surface area contributed by atoms with Crippen molar-refractivity contribution in [1.82, 2.24) is 0 Å². The summed E-state index contributed by atoms with van der Waals surface area (Å²) in [5.41, 5.74) is 0. The van der Waals surface area contributed by atoms with Gasteiger partial charge >= 0.3 is 5.97 Å². The molecule has 2 N–H and O–H groups in total. The number of esters is 1. The standard InChI is InChI=1S/C24H48O8/c1-2-3-4-5-6-7-8-9-10-11-13-28-15-17-30-19-20-31-18-16-29-14-12-24(27)32-22-23(26)21-25/h23,25-26H,2-22H2,1H3. The summed E-state index contributed by atoms with van der Waals surface area (Å²) >= 11 is 0. The van der Waals surface area contributed by atoms with Crippen LogP contribution in [0.1, 0.15) is 77.6 Å². The van der Waals surface area contributed by atoms with Gasteiger partial charge in [-0.25, -0.2) is 0 Å². The predicted molar refractivity (Wildman–Crippen MR) is 124 cm³/mol. The van der Waals surface area contributed by atoms with Gasteiger partial charge in [0.1, 0.15) is 12.7 Å². The Bertz CT molecular complexity index is 381. The van der Waals surface area contributed by atoms with Gasteiger partial charge in [0.2, 0.25) is 0 Å². The largest absolute Gasteiger partial charge is 0.463 e. The molecular formula is C24H48O8. The molecule has 32 heavy (non-hydrogen) atoms. The summed E-state index contributed by atoms with van der Waals surface area (Å²) in [5.74, 6) is -0.470. The van der Waals surface area contributed by atoms with Gasteiger partial charge in [-0.1, -0.05) is 64.7 Å². The molecule has 8 heteroatoms. The molecule has 0 aromatic carbocycles. The summed E-state index contributed by atoms with van der Waals surface area (Å²) in [7, 11) is 0. The first kappa shape index (κ1) is 31.2. The number of carbonyl (C=O) groups excluding carboxylic acids is 1. The molecule has 0 saturated carbocycles. The summed E-state index contributed by atoms with van der Waals surface area (Å²) in [6, 6.07) is 0. The highest BCUT2D eigenvalue weighted by Crippen LogP contribution is 2.10. The molecule has 0 radical (unpaired) electrons. The third-order valence-corrected chi connectivity index (χ3v) is 4.86. The van der Waals surface area contributed by atoms with E-state index in [0.717, 1.165) is 13.0 Å². The SMILES string of the molecule is CCCCCCCCCCCCOCCOCCOCCOCCC(=O)OCC(O)CO. The van der Waals surface area contributed by atoms with Crippen LogP contribution in [0.25, 0.3) is 0 Å². The number of aliphatic hydroxyl groups excluding tert-OH is 2. The van der Waals surface area contributed by atoms with Crippen LogP contribution >= 0.6 is 0 Å². The molecule has 0 aliphatic heterocycles. The van der Waals surface area contributed by atoms with Crippen LogP contribution in [0.5, 0.6) is 0 Å². The predicted octanol–water partition coefficient (Wildman–Crippen LogP) is 3.26. The number of rotatable bonds is 26. The molecule has 0 aromatic heterocycles. The quantitative estimate of drug-likeness (QED) is 0.148. The van der Waals surface area contributed by atoms with Crippen LogP contribution in [-0.2, 0) is 28.5 Å². The normalized spacial score (nSPS) is 12.2. The minimum atomic E-state index is -1.04. The molecule has 0 aromatic rings. The van der Waals surface area contributed by atoms with Crippen molar-refractivity contribution in [3.05, 3.63) is 0 Å². The van der Waals surface area contributed by atoms with Gasteiger partial charge in [-0.05, 0) is 6.42 Å². The zero-order valence-electron chi connectivity index (χ0n) is 20.3. The summed E-state index contributed by atoms with van der Waals surface area (Å²) in [5, 5.41) is 17.7. The summed E-state index contributed by atoms with van der Waals surface area (Å²) in [6.45, 7) is 5.66. The van der Waals surface area contributed by atoms with Gasteiger partial charge in [0.25, 0.3) is 0 Å². The smallest absolute Gasteiger partial charge is 0.308 e. The van der Waals surface area contributed by atoms with Crippen molar-refractivity contribution in [2.24, 2.45) is 0 Å². The highest BCUT2D eigenvalue weighted by atomic mass is 16.6. The molecule has 0 heterocycles. The van der Waals surface area contributed by atoms with Crippen molar-refractivity contribution < 1.29 is 38.7 Å². The fourth-order valence-electron chi connectivity index (χ4n) is 2.92. The van der Waals surface area contributed by atoms with Crippen molar-refractivity contribution in [3.8, 4) is 0 Å². The van der Waals surface area contributed by atoms with Crippen molar-refractivity contribution in [2.75, 3.05) is 66.1 Å². The van der Waals surface area contributed by atoms with Crippen LogP contribution in [0.2, 0.25) is 0 Å². The first-order valence-corrected chi connectivity index (χ1v) is 12.5. The van der Waals surface area contributed by atoms with Crippen LogP contribution in [0.4, 0.5) is 0 Å². The van der Waals surface area contributed by atoms with Gasteiger partial charge in [-0.3, -0.25) is 4.79 Å². The highest BCUT2D eigenvalue weighted by Gasteiger charge is 2.07. The van der Waals surface area contributed by atoms with Crippen molar-refractivity contribution in [1.29, 1.82) is 0 Å². The third-order valence-electron chi connectivity index (χ3n) is 4.86. The Morgan fingerprint density at radius 3 is 1.59 bits per heavy atom. The molecule has 1 atom stereocenters. The number of ether oxygens (including phenoxy) is 5. The topological polar surface area (TPSA) is 104 Å². The van der Waals surface area contributed by atoms with Gasteiger partial charge in [-0.15, -0.1) is 0 Å².